The van der Waals surface area contributed by atoms with Crippen LogP contribution in [0.5, 0.6) is 0 Å². The van der Waals surface area contributed by atoms with Crippen molar-refractivity contribution in [2.24, 2.45) is 0 Å². The van der Waals surface area contributed by atoms with Crippen LogP contribution in [0.25, 0.3) is 11.4 Å². The molecule has 0 fully saturated rings. The molecule has 0 atom stereocenters. The van der Waals surface area contributed by atoms with Crippen molar-refractivity contribution in [2.45, 2.75) is 0 Å². The maximum absolute atomic E-state index is 4.93. The summed E-state index contributed by atoms with van der Waals surface area (Å²) in [6.07, 6.45) is 0. The molecule has 122 valence electrons. The van der Waals surface area contributed by atoms with E-state index in [1.807, 2.05) is 60.7 Å². The van der Waals surface area contributed by atoms with Gasteiger partial charge in [0.1, 0.15) is 0 Å². The topological polar surface area (TPSA) is 93.0 Å². The van der Waals surface area contributed by atoms with Crippen molar-refractivity contribution in [3.63, 3.8) is 0 Å². The van der Waals surface area contributed by atoms with Gasteiger partial charge in [0, 0.05) is 27.3 Å². The molecule has 8 nitrogen and oxygen atoms in total. The quantitative estimate of drug-likeness (QED) is 0.347. The van der Waals surface area contributed by atoms with Gasteiger partial charge < -0.3 is 0 Å². The Morgan fingerprint density at radius 3 is 1.28 bits per heavy atom. The molecule has 2 aromatic heterocycles. The number of rotatable bonds is 2. The summed E-state index contributed by atoms with van der Waals surface area (Å²) in [4.78, 5) is 0. The van der Waals surface area contributed by atoms with Crippen LogP contribution >= 0.6 is 24.4 Å². The summed E-state index contributed by atoms with van der Waals surface area (Å²) in [6.45, 7) is 0. The third-order valence-corrected chi connectivity index (χ3v) is 3.50. The van der Waals surface area contributed by atoms with Crippen LogP contribution in [0.4, 0.5) is 0 Å². The number of aromatic amines is 2. The van der Waals surface area contributed by atoms with Gasteiger partial charge in [-0.05, 0) is 48.7 Å². The van der Waals surface area contributed by atoms with Gasteiger partial charge in [-0.2, -0.15) is 10.4 Å². The van der Waals surface area contributed by atoms with Crippen LogP contribution in [0.3, 0.4) is 0 Å². The molecule has 0 unspecified atom stereocenters. The Kier molecular flexibility index (Phi) is 7.27. The van der Waals surface area contributed by atoms with Crippen LogP contribution in [0.1, 0.15) is 0 Å². The molecule has 0 radical (unpaired) electrons. The minimum atomic E-state index is 0. The van der Waals surface area contributed by atoms with E-state index in [0.29, 0.717) is 9.54 Å². The van der Waals surface area contributed by atoms with Gasteiger partial charge in [-0.25, -0.2) is 9.36 Å². The molecule has 0 aliphatic rings. The van der Waals surface area contributed by atoms with E-state index < -0.39 is 0 Å². The second-order valence-electron chi connectivity index (χ2n) is 4.51. The number of aromatic nitrogens is 8. The zero-order valence-corrected chi connectivity index (χ0v) is 18.6. The molecule has 2 aromatic carbocycles. The number of hydrogen-bond donors (Lipinski definition) is 2. The molecule has 11 heteroatoms. The fourth-order valence-electron chi connectivity index (χ4n) is 1.89. The Bertz CT molecular complexity index is 922. The summed E-state index contributed by atoms with van der Waals surface area (Å²) in [5.74, 6) is 0. The van der Waals surface area contributed by atoms with Gasteiger partial charge in [0.2, 0.25) is 9.54 Å². The number of benzene rings is 2. The van der Waals surface area contributed by atoms with Crippen molar-refractivity contribution in [1.29, 1.82) is 0 Å². The van der Waals surface area contributed by atoms with Crippen molar-refractivity contribution in [3.05, 3.63) is 70.2 Å². The van der Waals surface area contributed by atoms with Gasteiger partial charge in [0.05, 0.1) is 11.4 Å². The van der Waals surface area contributed by atoms with E-state index in [9.17, 15) is 0 Å². The summed E-state index contributed by atoms with van der Waals surface area (Å²) >= 11 is 9.85. The number of nitrogens with one attached hydrogen (secondary N) is 2. The van der Waals surface area contributed by atoms with Crippen molar-refractivity contribution < 1.29 is 27.3 Å². The van der Waals surface area contributed by atoms with Gasteiger partial charge in [-0.1, -0.05) is 57.0 Å². The Hall–Kier alpha value is -2.06. The summed E-state index contributed by atoms with van der Waals surface area (Å²) in [5, 5.41) is 19.8. The molecule has 4 aromatic rings. The number of H-pyrrole nitrogens is 2. The second-order valence-corrected chi connectivity index (χ2v) is 5.24. The van der Waals surface area contributed by atoms with E-state index in [2.05, 4.69) is 31.1 Å². The Balaban J connectivity index is 0.000000173. The van der Waals surface area contributed by atoms with Gasteiger partial charge in [0.15, 0.2) is 0 Å². The first-order valence-corrected chi connectivity index (χ1v) is 7.68. The second kappa shape index (κ2) is 9.43. The van der Waals surface area contributed by atoms with Crippen LogP contribution in [-0.4, -0.2) is 40.4 Å². The Morgan fingerprint density at radius 1 is 0.640 bits per heavy atom. The molecule has 2 heterocycles. The Labute approximate surface area is 173 Å². The minimum Gasteiger partial charge on any atom is -0.210 e. The number of nitrogens with zero attached hydrogens (tertiary/aromatic N) is 6. The molecule has 4 rings (SSSR count). The first-order valence-electron chi connectivity index (χ1n) is 6.87. The van der Waals surface area contributed by atoms with Crippen LogP contribution in [0.15, 0.2) is 60.7 Å². The zero-order valence-electron chi connectivity index (χ0n) is 13.0. The van der Waals surface area contributed by atoms with Gasteiger partial charge in [-0.3, -0.25) is 0 Å². The number of hydrogen-bond acceptors (Lipinski definition) is 6. The molecular formula is C14H12CdN8S2. The first-order chi connectivity index (χ1) is 11.8. The molecule has 0 spiro atoms. The summed E-state index contributed by atoms with van der Waals surface area (Å²) in [5.41, 5.74) is 1.88. The fraction of sp³-hybridized carbons (Fsp3) is 0. The van der Waals surface area contributed by atoms with Crippen molar-refractivity contribution in [1.82, 2.24) is 40.4 Å². The molecule has 2 N–H and O–H groups in total. The molecule has 25 heavy (non-hydrogen) atoms. The van der Waals surface area contributed by atoms with Crippen LogP contribution in [0.2, 0.25) is 0 Å². The smallest absolute Gasteiger partial charge is 0.210 e. The molecule has 0 aliphatic carbocycles. The average molecular weight is 469 g/mol. The Morgan fingerprint density at radius 2 is 1.00 bits per heavy atom. The average Bonchev–Trinajstić information content (AvgIpc) is 3.25. The van der Waals surface area contributed by atoms with Crippen LogP contribution in [0, 0.1) is 9.54 Å². The number of para-hydroxylation sites is 2. The SMILES string of the molecule is S=c1nn[nH]n1-c1ccccc1.S=c1nn[nH]n1-c1ccccc1.[Cd]. The van der Waals surface area contributed by atoms with E-state index in [1.165, 1.54) is 0 Å². The third-order valence-electron chi connectivity index (χ3n) is 2.97. The molecule has 0 amide bonds. The molecule has 0 saturated heterocycles. The fourth-order valence-corrected chi connectivity index (χ4v) is 2.26. The maximum atomic E-state index is 4.93. The summed E-state index contributed by atoms with van der Waals surface area (Å²) in [7, 11) is 0. The number of tetrazole rings is 2. The zero-order chi connectivity index (χ0) is 16.8. The maximum Gasteiger partial charge on any atom is 0.242 e. The molecule has 0 saturated carbocycles. The van der Waals surface area contributed by atoms with Gasteiger partial charge in [0.25, 0.3) is 0 Å². The minimum absolute atomic E-state index is 0. The first kappa shape index (κ1) is 19.3. The predicted octanol–water partition coefficient (Wildman–Crippen LogP) is 2.65. The van der Waals surface area contributed by atoms with Crippen molar-refractivity contribution in [2.75, 3.05) is 0 Å². The monoisotopic (exact) mass is 470 g/mol. The van der Waals surface area contributed by atoms with Crippen LogP contribution < -0.4 is 0 Å². The predicted molar refractivity (Wildman–Crippen MR) is 93.1 cm³/mol. The summed E-state index contributed by atoms with van der Waals surface area (Å²) < 4.78 is 4.13. The molecular weight excluding hydrogens is 457 g/mol. The largest absolute Gasteiger partial charge is 0.242 e. The normalized spacial score (nSPS) is 9.60. The molecule has 0 bridgehead atoms. The summed E-state index contributed by atoms with van der Waals surface area (Å²) in [6, 6.07) is 19.3. The van der Waals surface area contributed by atoms with E-state index in [0.717, 1.165) is 11.4 Å². The van der Waals surface area contributed by atoms with Gasteiger partial charge in [-0.15, -0.1) is 0 Å². The van der Waals surface area contributed by atoms with E-state index >= 15 is 0 Å². The van der Waals surface area contributed by atoms with Gasteiger partial charge >= 0.3 is 0 Å². The third kappa shape index (κ3) is 4.96. The van der Waals surface area contributed by atoms with E-state index in [1.54, 1.807) is 9.36 Å². The van der Waals surface area contributed by atoms with Crippen LogP contribution in [-0.2, 0) is 27.3 Å². The molecule has 0 aliphatic heterocycles. The van der Waals surface area contributed by atoms with E-state index in [4.69, 9.17) is 24.4 Å². The van der Waals surface area contributed by atoms with E-state index in [-0.39, 0.29) is 27.3 Å². The van der Waals surface area contributed by atoms with Crippen molar-refractivity contribution >= 4 is 24.4 Å². The standard InChI is InChI=1S/2C7H6N4S.Cd/c2*12-7-8-9-10-11(7)6-4-2-1-3-5-6;/h2*1-5H,(H,8,10,12);. The van der Waals surface area contributed by atoms with Crippen molar-refractivity contribution in [3.8, 4) is 11.4 Å².